The molecular weight excluding hydrogens is 357 g/mol. The first-order valence-electron chi connectivity index (χ1n) is 6.39. The molecule has 0 aromatic heterocycles. The van der Waals surface area contributed by atoms with E-state index in [9.17, 15) is 4.79 Å². The lowest BCUT2D eigenvalue weighted by Crippen LogP contribution is -2.14. The lowest BCUT2D eigenvalue weighted by atomic mass is 10.2. The number of amides is 1. The quantitative estimate of drug-likeness (QED) is 0.584. The molecule has 2 rings (SSSR count). The first-order chi connectivity index (χ1) is 11.0. The van der Waals surface area contributed by atoms with Crippen LogP contribution in [0.25, 0.3) is 0 Å². The van der Waals surface area contributed by atoms with Gasteiger partial charge in [0, 0.05) is 16.9 Å². The molecule has 0 fully saturated rings. The van der Waals surface area contributed by atoms with Gasteiger partial charge in [-0.1, -0.05) is 46.9 Å². The molecule has 2 N–H and O–H groups in total. The van der Waals surface area contributed by atoms with Crippen LogP contribution >= 0.6 is 34.8 Å². The maximum absolute atomic E-state index is 12.1. The molecule has 4 nitrogen and oxygen atoms in total. The molecule has 23 heavy (non-hydrogen) atoms. The Morgan fingerprint density at radius 3 is 2.35 bits per heavy atom. The Morgan fingerprint density at radius 2 is 1.74 bits per heavy atom. The van der Waals surface area contributed by atoms with Crippen LogP contribution in [0.3, 0.4) is 0 Å². The molecule has 0 atom stereocenters. The van der Waals surface area contributed by atoms with Crippen molar-refractivity contribution in [2.45, 2.75) is 0 Å². The van der Waals surface area contributed by atoms with Crippen LogP contribution in [0.5, 0.6) is 0 Å². The smallest absolute Gasteiger partial charge is 0.267 e. The van der Waals surface area contributed by atoms with Gasteiger partial charge >= 0.3 is 0 Å². The summed E-state index contributed by atoms with van der Waals surface area (Å²) < 4.78 is 0. The summed E-state index contributed by atoms with van der Waals surface area (Å²) in [6.07, 6.45) is 1.24. The van der Waals surface area contributed by atoms with Gasteiger partial charge in [-0.3, -0.25) is 4.79 Å². The van der Waals surface area contributed by atoms with Gasteiger partial charge < -0.3 is 10.6 Å². The highest BCUT2D eigenvalue weighted by Crippen LogP contribution is 2.29. The minimum atomic E-state index is -0.578. The molecule has 2 aromatic rings. The van der Waals surface area contributed by atoms with E-state index < -0.39 is 5.91 Å². The van der Waals surface area contributed by atoms with Crippen LogP contribution in [-0.4, -0.2) is 5.91 Å². The van der Waals surface area contributed by atoms with Crippen molar-refractivity contribution in [1.82, 2.24) is 0 Å². The third-order valence-electron chi connectivity index (χ3n) is 2.77. The zero-order chi connectivity index (χ0) is 16.8. The molecular formula is C16H10Cl3N3O. The van der Waals surface area contributed by atoms with Gasteiger partial charge in [0.05, 0.1) is 15.7 Å². The molecule has 0 radical (unpaired) electrons. The molecule has 0 heterocycles. The SMILES string of the molecule is N#C/C(=C/Nc1c(Cl)cccc1Cl)C(=O)Nc1cccc(Cl)c1. The van der Waals surface area contributed by atoms with Gasteiger partial charge in [0.2, 0.25) is 0 Å². The fraction of sp³-hybridized carbons (Fsp3) is 0. The first kappa shape index (κ1) is 17.2. The summed E-state index contributed by atoms with van der Waals surface area (Å²) in [6, 6.07) is 13.4. The molecule has 1 amide bonds. The molecule has 0 bridgehead atoms. The Balaban J connectivity index is 2.16. The highest BCUT2D eigenvalue weighted by Gasteiger charge is 2.11. The second-order valence-electron chi connectivity index (χ2n) is 4.38. The van der Waals surface area contributed by atoms with Crippen molar-refractivity contribution in [3.63, 3.8) is 0 Å². The zero-order valence-electron chi connectivity index (χ0n) is 11.6. The zero-order valence-corrected chi connectivity index (χ0v) is 13.9. The number of nitrogens with zero attached hydrogens (tertiary/aromatic N) is 1. The van der Waals surface area contributed by atoms with Crippen molar-refractivity contribution >= 4 is 52.1 Å². The van der Waals surface area contributed by atoms with E-state index in [2.05, 4.69) is 10.6 Å². The lowest BCUT2D eigenvalue weighted by molar-refractivity contribution is -0.112. The van der Waals surface area contributed by atoms with Gasteiger partial charge in [-0.15, -0.1) is 0 Å². The summed E-state index contributed by atoms with van der Waals surface area (Å²) >= 11 is 17.9. The Bertz CT molecular complexity index is 792. The number of anilines is 2. The molecule has 0 aliphatic rings. The van der Waals surface area contributed by atoms with Crippen LogP contribution in [0.1, 0.15) is 0 Å². The van der Waals surface area contributed by atoms with E-state index in [-0.39, 0.29) is 5.57 Å². The maximum Gasteiger partial charge on any atom is 0.267 e. The highest BCUT2D eigenvalue weighted by molar-refractivity contribution is 6.39. The molecule has 0 saturated carbocycles. The van der Waals surface area contributed by atoms with Crippen LogP contribution in [0.15, 0.2) is 54.2 Å². The van der Waals surface area contributed by atoms with Gasteiger partial charge in [-0.25, -0.2) is 0 Å². The van der Waals surface area contributed by atoms with E-state index in [1.165, 1.54) is 6.20 Å². The number of hydrogen-bond donors (Lipinski definition) is 2. The van der Waals surface area contributed by atoms with Crippen molar-refractivity contribution in [3.8, 4) is 6.07 Å². The summed E-state index contributed by atoms with van der Waals surface area (Å²) in [6.45, 7) is 0. The predicted octanol–water partition coefficient (Wildman–Crippen LogP) is 5.10. The van der Waals surface area contributed by atoms with E-state index in [0.29, 0.717) is 26.4 Å². The first-order valence-corrected chi connectivity index (χ1v) is 7.52. The third kappa shape index (κ3) is 4.64. The number of carbonyl (C=O) groups is 1. The van der Waals surface area contributed by atoms with Crippen molar-refractivity contribution in [3.05, 3.63) is 69.3 Å². The summed E-state index contributed by atoms with van der Waals surface area (Å²) in [7, 11) is 0. The second-order valence-corrected chi connectivity index (χ2v) is 5.63. The number of carbonyl (C=O) groups excluding carboxylic acids is 1. The Kier molecular flexibility index (Phi) is 5.89. The largest absolute Gasteiger partial charge is 0.358 e. The average molecular weight is 367 g/mol. The van der Waals surface area contributed by atoms with E-state index in [1.807, 2.05) is 6.07 Å². The van der Waals surface area contributed by atoms with E-state index in [4.69, 9.17) is 40.1 Å². The topological polar surface area (TPSA) is 64.9 Å². The number of benzene rings is 2. The molecule has 0 aliphatic heterocycles. The van der Waals surface area contributed by atoms with Gasteiger partial charge in [-0.2, -0.15) is 5.26 Å². The Morgan fingerprint density at radius 1 is 1.09 bits per heavy atom. The summed E-state index contributed by atoms with van der Waals surface area (Å²) in [5.74, 6) is -0.578. The van der Waals surface area contributed by atoms with Crippen molar-refractivity contribution in [2.75, 3.05) is 10.6 Å². The van der Waals surface area contributed by atoms with Crippen LogP contribution in [-0.2, 0) is 4.79 Å². The monoisotopic (exact) mass is 365 g/mol. The van der Waals surface area contributed by atoms with Crippen LogP contribution in [0, 0.1) is 11.3 Å². The molecule has 7 heteroatoms. The molecule has 0 unspecified atom stereocenters. The minimum absolute atomic E-state index is 0.138. The van der Waals surface area contributed by atoms with Crippen LogP contribution in [0.2, 0.25) is 15.1 Å². The number of nitrogens with one attached hydrogen (secondary N) is 2. The van der Waals surface area contributed by atoms with Gasteiger partial charge in [0.1, 0.15) is 11.6 Å². The molecule has 2 aromatic carbocycles. The minimum Gasteiger partial charge on any atom is -0.358 e. The van der Waals surface area contributed by atoms with E-state index in [0.717, 1.165) is 0 Å². The van der Waals surface area contributed by atoms with Gasteiger partial charge in [-0.05, 0) is 30.3 Å². The summed E-state index contributed by atoms with van der Waals surface area (Å²) in [4.78, 5) is 12.1. The van der Waals surface area contributed by atoms with Crippen LogP contribution in [0.4, 0.5) is 11.4 Å². The summed E-state index contributed by atoms with van der Waals surface area (Å²) in [5, 5.41) is 15.7. The number of halogens is 3. The molecule has 0 aliphatic carbocycles. The summed E-state index contributed by atoms with van der Waals surface area (Å²) in [5.41, 5.74) is 0.763. The van der Waals surface area contributed by atoms with Crippen molar-refractivity contribution < 1.29 is 4.79 Å². The molecule has 0 saturated heterocycles. The number of para-hydroxylation sites is 1. The Hall–Kier alpha value is -2.19. The number of rotatable bonds is 4. The van der Waals surface area contributed by atoms with Gasteiger partial charge in [0.25, 0.3) is 5.91 Å². The fourth-order valence-electron chi connectivity index (χ4n) is 1.69. The average Bonchev–Trinajstić information content (AvgIpc) is 2.50. The normalized spacial score (nSPS) is 10.8. The number of hydrogen-bond acceptors (Lipinski definition) is 3. The third-order valence-corrected chi connectivity index (χ3v) is 3.64. The lowest BCUT2D eigenvalue weighted by Gasteiger charge is -2.08. The standard InChI is InChI=1S/C16H10Cl3N3O/c17-11-3-1-4-12(7-11)22-16(23)10(8-20)9-21-15-13(18)5-2-6-14(15)19/h1-7,9,21H,(H,22,23)/b10-9-. The second kappa shape index (κ2) is 7.89. The van der Waals surface area contributed by atoms with E-state index in [1.54, 1.807) is 42.5 Å². The predicted molar refractivity (Wildman–Crippen MR) is 93.9 cm³/mol. The van der Waals surface area contributed by atoms with E-state index >= 15 is 0 Å². The van der Waals surface area contributed by atoms with Crippen molar-refractivity contribution in [2.24, 2.45) is 0 Å². The van der Waals surface area contributed by atoms with Gasteiger partial charge in [0.15, 0.2) is 0 Å². The fourth-order valence-corrected chi connectivity index (χ4v) is 2.39. The van der Waals surface area contributed by atoms with Crippen molar-refractivity contribution in [1.29, 1.82) is 5.26 Å². The van der Waals surface area contributed by atoms with Crippen LogP contribution < -0.4 is 10.6 Å². The molecule has 0 spiro atoms. The Labute approximate surface area is 148 Å². The highest BCUT2D eigenvalue weighted by atomic mass is 35.5. The number of nitriles is 1. The molecule has 116 valence electrons. The maximum atomic E-state index is 12.1.